The average molecular weight is 375 g/mol. The van der Waals surface area contributed by atoms with E-state index in [1.165, 1.54) is 0 Å². The summed E-state index contributed by atoms with van der Waals surface area (Å²) in [6.45, 7) is 1.82. The third-order valence-corrected chi connectivity index (χ3v) is 4.75. The Morgan fingerprint density at radius 3 is 2.64 bits per heavy atom. The van der Waals surface area contributed by atoms with Crippen molar-refractivity contribution in [2.24, 2.45) is 0 Å². The van der Waals surface area contributed by atoms with Crippen molar-refractivity contribution in [3.63, 3.8) is 0 Å². The van der Waals surface area contributed by atoms with Crippen molar-refractivity contribution >= 4 is 11.4 Å². The summed E-state index contributed by atoms with van der Waals surface area (Å²) >= 11 is 0. The highest BCUT2D eigenvalue weighted by atomic mass is 16.3. The van der Waals surface area contributed by atoms with E-state index < -0.39 is 0 Å². The Labute approximate surface area is 162 Å². The molecule has 4 aromatic heterocycles. The number of nitrogens with zero attached hydrogens (tertiary/aromatic N) is 4. The van der Waals surface area contributed by atoms with Crippen LogP contribution in [-0.2, 0) is 0 Å². The van der Waals surface area contributed by atoms with Gasteiger partial charge in [-0.2, -0.15) is 5.10 Å². The molecule has 28 heavy (non-hydrogen) atoms. The molecule has 4 aromatic rings. The normalized spacial score (nSPS) is 12.2. The first kappa shape index (κ1) is 17.9. The van der Waals surface area contributed by atoms with E-state index in [0.717, 1.165) is 22.5 Å². The molecule has 0 aliphatic rings. The summed E-state index contributed by atoms with van der Waals surface area (Å²) in [5.41, 5.74) is 3.48. The summed E-state index contributed by atoms with van der Waals surface area (Å²) in [6, 6.07) is 13.4. The standard InChI is InChI=1S/C21H21N5O2/c1-2-17(14-27)23-21(28)19-9-12-26(24-19)20-6-5-18-4-3-16(13-25(18)20)15-7-10-22-11-8-15/h3-13,17,27H,2,14H2,1H3,(H,23,28). The van der Waals surface area contributed by atoms with E-state index in [9.17, 15) is 9.90 Å². The highest BCUT2D eigenvalue weighted by molar-refractivity contribution is 5.92. The lowest BCUT2D eigenvalue weighted by molar-refractivity contribution is 0.0909. The van der Waals surface area contributed by atoms with E-state index in [2.05, 4.69) is 21.5 Å². The number of hydrogen-bond donors (Lipinski definition) is 2. The Balaban J connectivity index is 1.66. The zero-order valence-corrected chi connectivity index (χ0v) is 15.5. The van der Waals surface area contributed by atoms with Gasteiger partial charge in [-0.1, -0.05) is 13.0 Å². The van der Waals surface area contributed by atoms with Crippen molar-refractivity contribution in [3.8, 4) is 16.9 Å². The fourth-order valence-corrected chi connectivity index (χ4v) is 3.10. The third kappa shape index (κ3) is 3.39. The molecule has 0 aliphatic heterocycles. The molecule has 1 amide bonds. The van der Waals surface area contributed by atoms with E-state index in [4.69, 9.17) is 0 Å². The second-order valence-corrected chi connectivity index (χ2v) is 6.55. The number of hydrogen-bond acceptors (Lipinski definition) is 4. The number of rotatable bonds is 6. The minimum atomic E-state index is -0.294. The topological polar surface area (TPSA) is 84.5 Å². The van der Waals surface area contributed by atoms with Crippen molar-refractivity contribution in [1.82, 2.24) is 24.5 Å². The van der Waals surface area contributed by atoms with E-state index >= 15 is 0 Å². The van der Waals surface area contributed by atoms with Gasteiger partial charge in [-0.05, 0) is 53.9 Å². The molecule has 1 unspecified atom stereocenters. The van der Waals surface area contributed by atoms with E-state index in [1.54, 1.807) is 29.3 Å². The van der Waals surface area contributed by atoms with Crippen molar-refractivity contribution in [3.05, 3.63) is 72.9 Å². The lowest BCUT2D eigenvalue weighted by Crippen LogP contribution is -2.37. The molecule has 7 heteroatoms. The quantitative estimate of drug-likeness (QED) is 0.543. The summed E-state index contributed by atoms with van der Waals surface area (Å²) in [4.78, 5) is 16.4. The van der Waals surface area contributed by atoms with Crippen LogP contribution in [0.1, 0.15) is 23.8 Å². The van der Waals surface area contributed by atoms with Crippen LogP contribution in [0.15, 0.2) is 67.3 Å². The van der Waals surface area contributed by atoms with E-state index in [1.807, 2.05) is 47.9 Å². The van der Waals surface area contributed by atoms with Gasteiger partial charge in [0, 0.05) is 30.3 Å². The molecule has 0 aliphatic carbocycles. The monoisotopic (exact) mass is 375 g/mol. The molecule has 0 saturated heterocycles. The van der Waals surface area contributed by atoms with E-state index in [-0.39, 0.29) is 18.6 Å². The fraction of sp³-hybridized carbons (Fsp3) is 0.190. The Hall–Kier alpha value is -3.45. The first-order chi connectivity index (χ1) is 13.7. The van der Waals surface area contributed by atoms with Crippen molar-refractivity contribution in [1.29, 1.82) is 0 Å². The molecule has 4 rings (SSSR count). The molecule has 142 valence electrons. The van der Waals surface area contributed by atoms with Gasteiger partial charge in [0.2, 0.25) is 0 Å². The fourth-order valence-electron chi connectivity index (χ4n) is 3.10. The Morgan fingerprint density at radius 1 is 1.11 bits per heavy atom. The van der Waals surface area contributed by atoms with Crippen molar-refractivity contribution < 1.29 is 9.90 Å². The second kappa shape index (κ2) is 7.66. The SMILES string of the molecule is CCC(CO)NC(=O)c1ccn(-c2ccc3ccc(-c4ccncc4)cn23)n1. The first-order valence-corrected chi connectivity index (χ1v) is 9.19. The molecule has 0 spiro atoms. The number of fused-ring (bicyclic) bond motifs is 1. The van der Waals surface area contributed by atoms with Gasteiger partial charge in [-0.25, -0.2) is 4.68 Å². The van der Waals surface area contributed by atoms with Crippen LogP contribution in [0.2, 0.25) is 0 Å². The molecule has 7 nitrogen and oxygen atoms in total. The van der Waals surface area contributed by atoms with E-state index in [0.29, 0.717) is 12.1 Å². The lowest BCUT2D eigenvalue weighted by atomic mass is 10.1. The molecule has 0 saturated carbocycles. The van der Waals surface area contributed by atoms with Gasteiger partial charge in [-0.3, -0.25) is 9.78 Å². The average Bonchev–Trinajstić information content (AvgIpc) is 3.39. The number of aliphatic hydroxyl groups is 1. The largest absolute Gasteiger partial charge is 0.394 e. The maximum absolute atomic E-state index is 12.3. The number of pyridine rings is 2. The van der Waals surface area contributed by atoms with Gasteiger partial charge in [0.25, 0.3) is 5.91 Å². The van der Waals surface area contributed by atoms with Crippen LogP contribution >= 0.6 is 0 Å². The van der Waals surface area contributed by atoms with Crippen LogP contribution < -0.4 is 5.32 Å². The van der Waals surface area contributed by atoms with Crippen LogP contribution in [-0.4, -0.2) is 42.8 Å². The minimum Gasteiger partial charge on any atom is -0.394 e. The predicted octanol–water partition coefficient (Wildman–Crippen LogP) is 2.69. The zero-order chi connectivity index (χ0) is 19.5. The van der Waals surface area contributed by atoms with Gasteiger partial charge in [-0.15, -0.1) is 0 Å². The van der Waals surface area contributed by atoms with Gasteiger partial charge >= 0.3 is 0 Å². The summed E-state index contributed by atoms with van der Waals surface area (Å²) in [6.07, 6.45) is 7.99. The van der Waals surface area contributed by atoms with Crippen molar-refractivity contribution in [2.75, 3.05) is 6.61 Å². The summed E-state index contributed by atoms with van der Waals surface area (Å²) in [7, 11) is 0. The Kier molecular flexibility index (Phi) is 4.90. The highest BCUT2D eigenvalue weighted by Gasteiger charge is 2.15. The van der Waals surface area contributed by atoms with Crippen molar-refractivity contribution in [2.45, 2.75) is 19.4 Å². The van der Waals surface area contributed by atoms with Crippen LogP contribution in [0.4, 0.5) is 0 Å². The number of aliphatic hydroxyl groups excluding tert-OH is 1. The maximum Gasteiger partial charge on any atom is 0.272 e. The van der Waals surface area contributed by atoms with Gasteiger partial charge in [0.05, 0.1) is 12.6 Å². The molecule has 4 heterocycles. The van der Waals surface area contributed by atoms with Crippen LogP contribution in [0.3, 0.4) is 0 Å². The smallest absolute Gasteiger partial charge is 0.272 e. The third-order valence-electron chi connectivity index (χ3n) is 4.75. The minimum absolute atomic E-state index is 0.0932. The van der Waals surface area contributed by atoms with Crippen LogP contribution in [0.25, 0.3) is 22.5 Å². The Morgan fingerprint density at radius 2 is 1.89 bits per heavy atom. The molecule has 0 radical (unpaired) electrons. The number of amides is 1. The molecule has 0 fully saturated rings. The maximum atomic E-state index is 12.3. The molecule has 0 aromatic carbocycles. The van der Waals surface area contributed by atoms with Gasteiger partial charge < -0.3 is 14.8 Å². The number of carbonyl (C=O) groups excluding carboxylic acids is 1. The second-order valence-electron chi connectivity index (χ2n) is 6.55. The number of nitrogens with one attached hydrogen (secondary N) is 1. The molecule has 2 N–H and O–H groups in total. The van der Waals surface area contributed by atoms with Gasteiger partial charge in [0.15, 0.2) is 5.69 Å². The van der Waals surface area contributed by atoms with Crippen LogP contribution in [0.5, 0.6) is 0 Å². The predicted molar refractivity (Wildman–Crippen MR) is 106 cm³/mol. The summed E-state index contributed by atoms with van der Waals surface area (Å²) in [5.74, 6) is 0.539. The highest BCUT2D eigenvalue weighted by Crippen LogP contribution is 2.22. The lowest BCUT2D eigenvalue weighted by Gasteiger charge is -2.12. The molecule has 0 bridgehead atoms. The first-order valence-electron chi connectivity index (χ1n) is 9.19. The molecular formula is C21H21N5O2. The number of carbonyl (C=O) groups is 1. The summed E-state index contributed by atoms with van der Waals surface area (Å²) < 4.78 is 3.71. The molecular weight excluding hydrogens is 354 g/mol. The Bertz CT molecular complexity index is 1100. The molecule has 1 atom stereocenters. The summed E-state index contributed by atoms with van der Waals surface area (Å²) in [5, 5.41) is 16.5. The van der Waals surface area contributed by atoms with Gasteiger partial charge in [0.1, 0.15) is 5.82 Å². The van der Waals surface area contributed by atoms with Crippen LogP contribution in [0, 0.1) is 0 Å². The zero-order valence-electron chi connectivity index (χ0n) is 15.5. The number of aromatic nitrogens is 4.